The largest absolute Gasteiger partial charge is 0.396 e. The summed E-state index contributed by atoms with van der Waals surface area (Å²) in [4.78, 5) is 11.7. The van der Waals surface area contributed by atoms with Crippen molar-refractivity contribution in [2.75, 3.05) is 11.9 Å². The van der Waals surface area contributed by atoms with Gasteiger partial charge in [-0.05, 0) is 38.3 Å². The standard InChI is InChI=1S/C13H19ClN2O2/c1-9-5-3-7-11(12(9)14)16-13(18)15-10(2)6-4-8-17/h3,5,7,10,17H,4,6,8H2,1-2H3,(H2,15,16,18). The van der Waals surface area contributed by atoms with Crippen LogP contribution in [-0.2, 0) is 0 Å². The maximum absolute atomic E-state index is 11.7. The summed E-state index contributed by atoms with van der Waals surface area (Å²) in [5, 5.41) is 14.8. The summed E-state index contributed by atoms with van der Waals surface area (Å²) < 4.78 is 0. The number of benzene rings is 1. The van der Waals surface area contributed by atoms with Crippen LogP contribution in [0.3, 0.4) is 0 Å². The lowest BCUT2D eigenvalue weighted by Gasteiger charge is -2.15. The summed E-state index contributed by atoms with van der Waals surface area (Å²) in [5.74, 6) is 0. The molecule has 5 heteroatoms. The molecular weight excluding hydrogens is 252 g/mol. The number of rotatable bonds is 5. The predicted molar refractivity (Wildman–Crippen MR) is 74.1 cm³/mol. The van der Waals surface area contributed by atoms with Crippen molar-refractivity contribution in [2.45, 2.75) is 32.7 Å². The highest BCUT2D eigenvalue weighted by Crippen LogP contribution is 2.24. The highest BCUT2D eigenvalue weighted by molar-refractivity contribution is 6.34. The first-order valence-corrected chi connectivity index (χ1v) is 6.36. The van der Waals surface area contributed by atoms with Gasteiger partial charge in [0.2, 0.25) is 0 Å². The lowest BCUT2D eigenvalue weighted by atomic mass is 10.2. The van der Waals surface area contributed by atoms with E-state index in [1.165, 1.54) is 0 Å². The molecule has 0 bridgehead atoms. The van der Waals surface area contributed by atoms with E-state index in [2.05, 4.69) is 10.6 Å². The van der Waals surface area contributed by atoms with Crippen molar-refractivity contribution in [3.05, 3.63) is 28.8 Å². The molecular formula is C13H19ClN2O2. The summed E-state index contributed by atoms with van der Waals surface area (Å²) in [6.07, 6.45) is 1.41. The van der Waals surface area contributed by atoms with E-state index in [0.717, 1.165) is 12.0 Å². The Hall–Kier alpha value is -1.26. The molecule has 18 heavy (non-hydrogen) atoms. The lowest BCUT2D eigenvalue weighted by Crippen LogP contribution is -2.36. The van der Waals surface area contributed by atoms with E-state index in [4.69, 9.17) is 16.7 Å². The van der Waals surface area contributed by atoms with E-state index in [1.54, 1.807) is 6.07 Å². The number of aliphatic hydroxyl groups excluding tert-OH is 1. The maximum atomic E-state index is 11.7. The molecule has 0 aromatic heterocycles. The van der Waals surface area contributed by atoms with Crippen molar-refractivity contribution in [3.63, 3.8) is 0 Å². The van der Waals surface area contributed by atoms with Gasteiger partial charge in [0.15, 0.2) is 0 Å². The Balaban J connectivity index is 2.52. The third-order valence-electron chi connectivity index (χ3n) is 2.61. The number of carbonyl (C=O) groups excluding carboxylic acids is 1. The molecule has 0 aliphatic heterocycles. The van der Waals surface area contributed by atoms with Gasteiger partial charge in [-0.3, -0.25) is 0 Å². The van der Waals surface area contributed by atoms with Gasteiger partial charge in [0, 0.05) is 12.6 Å². The highest BCUT2D eigenvalue weighted by Gasteiger charge is 2.09. The van der Waals surface area contributed by atoms with Crippen LogP contribution in [-0.4, -0.2) is 23.8 Å². The Bertz CT molecular complexity index is 410. The zero-order chi connectivity index (χ0) is 13.5. The average Bonchev–Trinajstić information content (AvgIpc) is 2.32. The van der Waals surface area contributed by atoms with Crippen LogP contribution >= 0.6 is 11.6 Å². The molecule has 1 unspecified atom stereocenters. The minimum absolute atomic E-state index is 0.0146. The van der Waals surface area contributed by atoms with Crippen LogP contribution in [0.5, 0.6) is 0 Å². The number of nitrogens with one attached hydrogen (secondary N) is 2. The van der Waals surface area contributed by atoms with Gasteiger partial charge in [0.05, 0.1) is 10.7 Å². The minimum Gasteiger partial charge on any atom is -0.396 e. The van der Waals surface area contributed by atoms with Crippen molar-refractivity contribution in [3.8, 4) is 0 Å². The number of aryl methyl sites for hydroxylation is 1. The molecule has 0 heterocycles. The zero-order valence-electron chi connectivity index (χ0n) is 10.7. The lowest BCUT2D eigenvalue weighted by molar-refractivity contribution is 0.245. The smallest absolute Gasteiger partial charge is 0.319 e. The molecule has 1 atom stereocenters. The van der Waals surface area contributed by atoms with Crippen molar-refractivity contribution >= 4 is 23.3 Å². The van der Waals surface area contributed by atoms with E-state index in [9.17, 15) is 4.79 Å². The summed E-state index contributed by atoms with van der Waals surface area (Å²) in [6.45, 7) is 3.92. The molecule has 1 rings (SSSR count). The molecule has 0 fully saturated rings. The van der Waals surface area contributed by atoms with Crippen LogP contribution in [0.1, 0.15) is 25.3 Å². The highest BCUT2D eigenvalue weighted by atomic mass is 35.5. The number of aliphatic hydroxyl groups is 1. The van der Waals surface area contributed by atoms with E-state index in [1.807, 2.05) is 26.0 Å². The van der Waals surface area contributed by atoms with Gasteiger partial charge in [-0.25, -0.2) is 4.79 Å². The van der Waals surface area contributed by atoms with Gasteiger partial charge < -0.3 is 15.7 Å². The molecule has 0 saturated carbocycles. The van der Waals surface area contributed by atoms with Crippen LogP contribution in [0.25, 0.3) is 0 Å². The number of anilines is 1. The number of urea groups is 1. The van der Waals surface area contributed by atoms with Gasteiger partial charge >= 0.3 is 6.03 Å². The third kappa shape index (κ3) is 4.55. The van der Waals surface area contributed by atoms with Gasteiger partial charge in [-0.1, -0.05) is 23.7 Å². The monoisotopic (exact) mass is 270 g/mol. The molecule has 1 aromatic rings. The molecule has 0 spiro atoms. The van der Waals surface area contributed by atoms with E-state index < -0.39 is 0 Å². The number of halogens is 1. The van der Waals surface area contributed by atoms with Gasteiger partial charge in [0.25, 0.3) is 0 Å². The predicted octanol–water partition coefficient (Wildman–Crippen LogP) is 2.93. The van der Waals surface area contributed by atoms with Crippen LogP contribution < -0.4 is 10.6 Å². The van der Waals surface area contributed by atoms with Crippen LogP contribution in [0.2, 0.25) is 5.02 Å². The molecule has 0 radical (unpaired) electrons. The minimum atomic E-state index is -0.284. The topological polar surface area (TPSA) is 61.4 Å². The molecule has 0 aliphatic rings. The fourth-order valence-electron chi connectivity index (χ4n) is 1.60. The first-order valence-electron chi connectivity index (χ1n) is 5.98. The van der Waals surface area contributed by atoms with Crippen LogP contribution in [0.4, 0.5) is 10.5 Å². The Labute approximate surface area is 112 Å². The fraction of sp³-hybridized carbons (Fsp3) is 0.462. The molecule has 100 valence electrons. The van der Waals surface area contributed by atoms with Gasteiger partial charge in [0.1, 0.15) is 0 Å². The SMILES string of the molecule is Cc1cccc(NC(=O)NC(C)CCCO)c1Cl. The van der Waals surface area contributed by atoms with Gasteiger partial charge in [-0.2, -0.15) is 0 Å². The number of hydrogen-bond donors (Lipinski definition) is 3. The molecule has 0 aliphatic carbocycles. The Kier molecular flexibility index (Phi) is 5.95. The van der Waals surface area contributed by atoms with Crippen molar-refractivity contribution < 1.29 is 9.90 Å². The van der Waals surface area contributed by atoms with E-state index in [-0.39, 0.29) is 18.7 Å². The Morgan fingerprint density at radius 2 is 2.22 bits per heavy atom. The fourth-order valence-corrected chi connectivity index (χ4v) is 1.77. The average molecular weight is 271 g/mol. The van der Waals surface area contributed by atoms with Crippen molar-refractivity contribution in [1.29, 1.82) is 0 Å². The summed E-state index contributed by atoms with van der Waals surface area (Å²) in [7, 11) is 0. The quantitative estimate of drug-likeness (QED) is 0.770. The first-order chi connectivity index (χ1) is 8.54. The molecule has 0 saturated heterocycles. The summed E-state index contributed by atoms with van der Waals surface area (Å²) in [6, 6.07) is 5.21. The molecule has 3 N–H and O–H groups in total. The number of amides is 2. The second kappa shape index (κ2) is 7.24. The normalized spacial score (nSPS) is 12.0. The second-order valence-electron chi connectivity index (χ2n) is 4.30. The van der Waals surface area contributed by atoms with E-state index in [0.29, 0.717) is 17.1 Å². The number of carbonyl (C=O) groups is 1. The maximum Gasteiger partial charge on any atom is 0.319 e. The van der Waals surface area contributed by atoms with Crippen LogP contribution in [0, 0.1) is 6.92 Å². The third-order valence-corrected chi connectivity index (χ3v) is 3.11. The Morgan fingerprint density at radius 3 is 2.89 bits per heavy atom. The Morgan fingerprint density at radius 1 is 1.50 bits per heavy atom. The van der Waals surface area contributed by atoms with Crippen LogP contribution in [0.15, 0.2) is 18.2 Å². The molecule has 2 amide bonds. The zero-order valence-corrected chi connectivity index (χ0v) is 11.4. The second-order valence-corrected chi connectivity index (χ2v) is 4.68. The van der Waals surface area contributed by atoms with Crippen molar-refractivity contribution in [1.82, 2.24) is 5.32 Å². The number of hydrogen-bond acceptors (Lipinski definition) is 2. The molecule has 1 aromatic carbocycles. The first kappa shape index (κ1) is 14.8. The summed E-state index contributed by atoms with van der Waals surface area (Å²) in [5.41, 5.74) is 1.52. The van der Waals surface area contributed by atoms with Crippen molar-refractivity contribution in [2.24, 2.45) is 0 Å². The summed E-state index contributed by atoms with van der Waals surface area (Å²) >= 11 is 6.08. The molecule has 4 nitrogen and oxygen atoms in total. The van der Waals surface area contributed by atoms with Gasteiger partial charge in [-0.15, -0.1) is 0 Å². The van der Waals surface area contributed by atoms with E-state index >= 15 is 0 Å².